The van der Waals surface area contributed by atoms with Gasteiger partial charge in [-0.25, -0.2) is 0 Å². The minimum Gasteiger partial charge on any atom is -0.351 e. The summed E-state index contributed by atoms with van der Waals surface area (Å²) >= 11 is 0. The second kappa shape index (κ2) is 8.06. The van der Waals surface area contributed by atoms with Crippen molar-refractivity contribution in [3.63, 3.8) is 0 Å². The van der Waals surface area contributed by atoms with E-state index in [0.29, 0.717) is 25.2 Å². The average molecular weight is 243 g/mol. The zero-order valence-electron chi connectivity index (χ0n) is 11.9. The summed E-state index contributed by atoms with van der Waals surface area (Å²) in [5.41, 5.74) is 0. The van der Waals surface area contributed by atoms with E-state index in [1.807, 2.05) is 20.9 Å². The van der Waals surface area contributed by atoms with Crippen LogP contribution in [0, 0.1) is 11.8 Å². The van der Waals surface area contributed by atoms with Crippen LogP contribution in [0.3, 0.4) is 0 Å². The highest BCUT2D eigenvalue weighted by Crippen LogP contribution is 2.32. The zero-order valence-corrected chi connectivity index (χ0v) is 11.9. The monoisotopic (exact) mass is 243 g/mol. The highest BCUT2D eigenvalue weighted by molar-refractivity contribution is 4.83. The van der Waals surface area contributed by atoms with E-state index >= 15 is 0 Å². The number of rotatable bonds is 7. The third-order valence-corrected chi connectivity index (χ3v) is 3.77. The van der Waals surface area contributed by atoms with Crippen molar-refractivity contribution in [1.29, 1.82) is 0 Å². The molecule has 1 rings (SSSR count). The van der Waals surface area contributed by atoms with E-state index < -0.39 is 0 Å². The van der Waals surface area contributed by atoms with Gasteiger partial charge in [0.2, 0.25) is 0 Å². The van der Waals surface area contributed by atoms with Crippen molar-refractivity contribution >= 4 is 0 Å². The predicted molar refractivity (Wildman–Crippen MR) is 71.0 cm³/mol. The van der Waals surface area contributed by atoms with Gasteiger partial charge in [0.25, 0.3) is 0 Å². The molecule has 0 aromatic heterocycles. The Balaban J connectivity index is 2.58. The number of hydrogen-bond donors (Lipinski definition) is 1. The van der Waals surface area contributed by atoms with E-state index in [1.165, 1.54) is 25.7 Å². The summed E-state index contributed by atoms with van der Waals surface area (Å²) < 4.78 is 11.5. The molecule has 3 atom stereocenters. The standard InChI is InChI=1S/C14H29NO2/c1-5-16-14(17-6-2)13(15-4)12-9-7-8-11(3)10-12/h11-15H,5-10H2,1-4H3. The van der Waals surface area contributed by atoms with E-state index in [9.17, 15) is 0 Å². The lowest BCUT2D eigenvalue weighted by molar-refractivity contribution is -0.164. The maximum atomic E-state index is 5.74. The fourth-order valence-corrected chi connectivity index (χ4v) is 2.99. The first-order chi connectivity index (χ1) is 8.22. The molecule has 1 fully saturated rings. The lowest BCUT2D eigenvalue weighted by atomic mass is 9.78. The maximum Gasteiger partial charge on any atom is 0.172 e. The van der Waals surface area contributed by atoms with Crippen molar-refractivity contribution in [2.45, 2.75) is 58.8 Å². The molecule has 1 saturated carbocycles. The van der Waals surface area contributed by atoms with Gasteiger partial charge in [-0.1, -0.05) is 19.8 Å². The van der Waals surface area contributed by atoms with Crippen molar-refractivity contribution in [2.75, 3.05) is 20.3 Å². The van der Waals surface area contributed by atoms with Crippen molar-refractivity contribution in [3.05, 3.63) is 0 Å². The van der Waals surface area contributed by atoms with Crippen LogP contribution in [0.4, 0.5) is 0 Å². The Bertz CT molecular complexity index is 188. The van der Waals surface area contributed by atoms with Crippen molar-refractivity contribution in [1.82, 2.24) is 5.32 Å². The van der Waals surface area contributed by atoms with Crippen LogP contribution in [0.5, 0.6) is 0 Å². The van der Waals surface area contributed by atoms with E-state index in [2.05, 4.69) is 12.2 Å². The zero-order chi connectivity index (χ0) is 12.7. The summed E-state index contributed by atoms with van der Waals surface area (Å²) in [7, 11) is 2.02. The predicted octanol–water partition coefficient (Wildman–Crippen LogP) is 2.80. The molecule has 0 bridgehead atoms. The molecule has 3 heteroatoms. The molecule has 0 heterocycles. The lowest BCUT2D eigenvalue weighted by Crippen LogP contribution is -2.47. The Morgan fingerprint density at radius 3 is 2.29 bits per heavy atom. The largest absolute Gasteiger partial charge is 0.351 e. The molecule has 17 heavy (non-hydrogen) atoms. The second-order valence-corrected chi connectivity index (χ2v) is 5.13. The normalized spacial score (nSPS) is 27.4. The van der Waals surface area contributed by atoms with Crippen LogP contribution >= 0.6 is 0 Å². The molecule has 1 aliphatic carbocycles. The van der Waals surface area contributed by atoms with Gasteiger partial charge in [-0.3, -0.25) is 0 Å². The van der Waals surface area contributed by atoms with Gasteiger partial charge in [-0.05, 0) is 45.6 Å². The summed E-state index contributed by atoms with van der Waals surface area (Å²) in [6.45, 7) is 7.84. The van der Waals surface area contributed by atoms with E-state index in [4.69, 9.17) is 9.47 Å². The van der Waals surface area contributed by atoms with Crippen LogP contribution in [-0.2, 0) is 9.47 Å². The van der Waals surface area contributed by atoms with E-state index in [-0.39, 0.29) is 6.29 Å². The molecule has 1 N–H and O–H groups in total. The Morgan fingerprint density at radius 2 is 1.82 bits per heavy atom. The van der Waals surface area contributed by atoms with Gasteiger partial charge in [-0.2, -0.15) is 0 Å². The fraction of sp³-hybridized carbons (Fsp3) is 1.00. The molecule has 3 nitrogen and oxygen atoms in total. The smallest absolute Gasteiger partial charge is 0.172 e. The number of ether oxygens (including phenoxy) is 2. The Hall–Kier alpha value is -0.120. The minimum atomic E-state index is -0.0923. The second-order valence-electron chi connectivity index (χ2n) is 5.13. The van der Waals surface area contributed by atoms with Crippen LogP contribution < -0.4 is 5.32 Å². The molecule has 102 valence electrons. The van der Waals surface area contributed by atoms with Crippen LogP contribution in [0.15, 0.2) is 0 Å². The van der Waals surface area contributed by atoms with Crippen molar-refractivity contribution in [3.8, 4) is 0 Å². The van der Waals surface area contributed by atoms with Crippen LogP contribution in [0.1, 0.15) is 46.5 Å². The van der Waals surface area contributed by atoms with Crippen LogP contribution in [0.2, 0.25) is 0 Å². The maximum absolute atomic E-state index is 5.74. The quantitative estimate of drug-likeness (QED) is 0.697. The van der Waals surface area contributed by atoms with Gasteiger partial charge in [-0.15, -0.1) is 0 Å². The molecule has 0 aromatic rings. The first-order valence-electron chi connectivity index (χ1n) is 7.13. The van der Waals surface area contributed by atoms with Crippen LogP contribution in [-0.4, -0.2) is 32.6 Å². The van der Waals surface area contributed by atoms with Gasteiger partial charge in [0.05, 0.1) is 6.04 Å². The average Bonchev–Trinajstić information content (AvgIpc) is 2.31. The van der Waals surface area contributed by atoms with Crippen molar-refractivity contribution in [2.24, 2.45) is 11.8 Å². The fourth-order valence-electron chi connectivity index (χ4n) is 2.99. The Labute approximate surface area is 106 Å². The lowest BCUT2D eigenvalue weighted by Gasteiger charge is -2.37. The first kappa shape index (κ1) is 14.9. The summed E-state index contributed by atoms with van der Waals surface area (Å²) in [5, 5.41) is 3.41. The third-order valence-electron chi connectivity index (χ3n) is 3.77. The van der Waals surface area contributed by atoms with Gasteiger partial charge >= 0.3 is 0 Å². The highest BCUT2D eigenvalue weighted by Gasteiger charge is 2.32. The molecule has 0 aliphatic heterocycles. The Kier molecular flexibility index (Phi) is 7.09. The molecule has 0 saturated heterocycles. The Morgan fingerprint density at radius 1 is 1.18 bits per heavy atom. The van der Waals surface area contributed by atoms with Gasteiger partial charge < -0.3 is 14.8 Å². The highest BCUT2D eigenvalue weighted by atomic mass is 16.7. The molecular formula is C14H29NO2. The topological polar surface area (TPSA) is 30.5 Å². The summed E-state index contributed by atoms with van der Waals surface area (Å²) in [4.78, 5) is 0. The van der Waals surface area contributed by atoms with Gasteiger partial charge in [0.15, 0.2) is 6.29 Å². The molecule has 3 unspecified atom stereocenters. The van der Waals surface area contributed by atoms with Gasteiger partial charge in [0.1, 0.15) is 0 Å². The number of hydrogen-bond acceptors (Lipinski definition) is 3. The molecule has 0 amide bonds. The molecule has 0 radical (unpaired) electrons. The molecule has 0 spiro atoms. The summed E-state index contributed by atoms with van der Waals surface area (Å²) in [6.07, 6.45) is 5.22. The number of likely N-dealkylation sites (N-methyl/N-ethyl adjacent to an activating group) is 1. The third kappa shape index (κ3) is 4.57. The molecular weight excluding hydrogens is 214 g/mol. The van der Waals surface area contributed by atoms with Crippen molar-refractivity contribution < 1.29 is 9.47 Å². The molecule has 1 aliphatic rings. The van der Waals surface area contributed by atoms with E-state index in [1.54, 1.807) is 0 Å². The summed E-state index contributed by atoms with van der Waals surface area (Å²) in [5.74, 6) is 1.53. The number of nitrogens with one attached hydrogen (secondary N) is 1. The molecule has 0 aromatic carbocycles. The SMILES string of the molecule is CCOC(OCC)C(NC)C1CCCC(C)C1. The first-order valence-corrected chi connectivity index (χ1v) is 7.13. The van der Waals surface area contributed by atoms with E-state index in [0.717, 1.165) is 5.92 Å². The van der Waals surface area contributed by atoms with Gasteiger partial charge in [0, 0.05) is 13.2 Å². The minimum absolute atomic E-state index is 0.0923. The van der Waals surface area contributed by atoms with Crippen LogP contribution in [0.25, 0.3) is 0 Å². The summed E-state index contributed by atoms with van der Waals surface area (Å²) in [6, 6.07) is 0.331.